The molecule has 32 heavy (non-hydrogen) atoms. The average molecular weight is 431 g/mol. The number of carbonyl (C=O) groups excluding carboxylic acids is 2. The molecule has 3 rings (SSSR count). The van der Waals surface area contributed by atoms with Gasteiger partial charge in [-0.15, -0.1) is 0 Å². The standard InChI is InChI=1S/C27H31N3O2/c1-21-11-10-12-22(2)27(21)28-25(31)19-29(3)20-26(32)30(17-23-13-6-4-7-14-23)18-24-15-8-5-9-16-24/h4-16H,17-20H2,1-3H3,(H,28,31)/p+1. The van der Waals surface area contributed by atoms with Gasteiger partial charge in [0.2, 0.25) is 0 Å². The third-order valence-corrected chi connectivity index (χ3v) is 5.45. The van der Waals surface area contributed by atoms with Crippen molar-refractivity contribution in [1.29, 1.82) is 0 Å². The minimum Gasteiger partial charge on any atom is -0.329 e. The lowest BCUT2D eigenvalue weighted by Crippen LogP contribution is -3.11. The smallest absolute Gasteiger partial charge is 0.279 e. The third kappa shape index (κ3) is 6.79. The average Bonchev–Trinajstić information content (AvgIpc) is 2.77. The zero-order valence-corrected chi connectivity index (χ0v) is 19.1. The van der Waals surface area contributed by atoms with E-state index in [0.717, 1.165) is 32.8 Å². The first-order valence-corrected chi connectivity index (χ1v) is 11.0. The predicted octanol–water partition coefficient (Wildman–Crippen LogP) is 2.99. The van der Waals surface area contributed by atoms with Crippen LogP contribution in [0.2, 0.25) is 0 Å². The Labute approximate surface area is 190 Å². The van der Waals surface area contributed by atoms with Gasteiger partial charge in [0, 0.05) is 18.8 Å². The summed E-state index contributed by atoms with van der Waals surface area (Å²) < 4.78 is 0. The number of nitrogens with zero attached hydrogens (tertiary/aromatic N) is 1. The lowest BCUT2D eigenvalue weighted by Gasteiger charge is -2.24. The normalized spacial score (nSPS) is 11.6. The molecule has 0 aliphatic carbocycles. The molecule has 1 atom stereocenters. The fraction of sp³-hybridized carbons (Fsp3) is 0.259. The van der Waals surface area contributed by atoms with Gasteiger partial charge >= 0.3 is 0 Å². The summed E-state index contributed by atoms with van der Waals surface area (Å²) in [4.78, 5) is 28.5. The minimum atomic E-state index is -0.0923. The Hall–Kier alpha value is -3.44. The maximum Gasteiger partial charge on any atom is 0.279 e. The van der Waals surface area contributed by atoms with E-state index in [1.807, 2.05) is 105 Å². The fourth-order valence-electron chi connectivity index (χ4n) is 3.74. The molecule has 0 spiro atoms. The van der Waals surface area contributed by atoms with E-state index >= 15 is 0 Å². The molecule has 0 saturated carbocycles. The highest BCUT2D eigenvalue weighted by molar-refractivity contribution is 5.93. The summed E-state index contributed by atoms with van der Waals surface area (Å²) in [6.07, 6.45) is 0. The van der Waals surface area contributed by atoms with Crippen molar-refractivity contribution in [2.45, 2.75) is 26.9 Å². The van der Waals surface area contributed by atoms with Gasteiger partial charge in [-0.25, -0.2) is 0 Å². The molecule has 2 N–H and O–H groups in total. The van der Waals surface area contributed by atoms with Crippen LogP contribution in [0.1, 0.15) is 22.3 Å². The van der Waals surface area contributed by atoms with Crippen LogP contribution in [0, 0.1) is 13.8 Å². The first-order valence-electron chi connectivity index (χ1n) is 11.0. The highest BCUT2D eigenvalue weighted by Gasteiger charge is 2.21. The lowest BCUT2D eigenvalue weighted by molar-refractivity contribution is -0.862. The van der Waals surface area contributed by atoms with E-state index in [9.17, 15) is 9.59 Å². The number of nitrogens with one attached hydrogen (secondary N) is 2. The number of amides is 2. The van der Waals surface area contributed by atoms with Crippen LogP contribution in [0.25, 0.3) is 0 Å². The van der Waals surface area contributed by atoms with Crippen molar-refractivity contribution in [3.8, 4) is 0 Å². The number of quaternary nitrogens is 1. The fourth-order valence-corrected chi connectivity index (χ4v) is 3.74. The predicted molar refractivity (Wildman–Crippen MR) is 128 cm³/mol. The van der Waals surface area contributed by atoms with Crippen molar-refractivity contribution in [3.05, 3.63) is 101 Å². The number of hydrogen-bond acceptors (Lipinski definition) is 2. The van der Waals surface area contributed by atoms with Crippen molar-refractivity contribution in [3.63, 3.8) is 0 Å². The van der Waals surface area contributed by atoms with Crippen molar-refractivity contribution in [2.24, 2.45) is 0 Å². The molecule has 1 unspecified atom stereocenters. The lowest BCUT2D eigenvalue weighted by atomic mass is 10.1. The Balaban J connectivity index is 1.63. The van der Waals surface area contributed by atoms with Gasteiger partial charge < -0.3 is 15.1 Å². The summed E-state index contributed by atoms with van der Waals surface area (Å²) in [7, 11) is 1.88. The van der Waals surface area contributed by atoms with Crippen molar-refractivity contribution in [2.75, 3.05) is 25.5 Å². The van der Waals surface area contributed by atoms with E-state index < -0.39 is 0 Å². The summed E-state index contributed by atoms with van der Waals surface area (Å²) in [5.41, 5.74) is 5.09. The number of hydrogen-bond donors (Lipinski definition) is 2. The molecule has 0 fully saturated rings. The number of likely N-dealkylation sites (N-methyl/N-ethyl adjacent to an activating group) is 1. The van der Waals surface area contributed by atoms with Crippen LogP contribution in [0.3, 0.4) is 0 Å². The molecule has 0 radical (unpaired) electrons. The highest BCUT2D eigenvalue weighted by atomic mass is 16.2. The summed E-state index contributed by atoms with van der Waals surface area (Å²) in [6, 6.07) is 25.9. The van der Waals surface area contributed by atoms with E-state index in [1.54, 1.807) is 0 Å². The van der Waals surface area contributed by atoms with Crippen molar-refractivity contribution < 1.29 is 14.5 Å². The number of carbonyl (C=O) groups is 2. The van der Waals surface area contributed by atoms with Gasteiger partial charge in [0.25, 0.3) is 11.8 Å². The maximum atomic E-state index is 13.2. The molecule has 0 bridgehead atoms. The van der Waals surface area contributed by atoms with Crippen LogP contribution >= 0.6 is 0 Å². The molecule has 0 aromatic heterocycles. The molecule has 3 aromatic carbocycles. The van der Waals surface area contributed by atoms with Crippen molar-refractivity contribution >= 4 is 17.5 Å². The third-order valence-electron chi connectivity index (χ3n) is 5.45. The molecule has 5 nitrogen and oxygen atoms in total. The Kier molecular flexibility index (Phi) is 8.17. The monoisotopic (exact) mass is 430 g/mol. The first-order chi connectivity index (χ1) is 15.4. The Morgan fingerprint density at radius 2 is 1.25 bits per heavy atom. The van der Waals surface area contributed by atoms with Gasteiger partial charge in [0.05, 0.1) is 7.05 Å². The van der Waals surface area contributed by atoms with Crippen LogP contribution in [0.4, 0.5) is 5.69 Å². The summed E-state index contributed by atoms with van der Waals surface area (Å²) in [5.74, 6) is -0.0690. The van der Waals surface area contributed by atoms with Crippen molar-refractivity contribution in [1.82, 2.24) is 4.90 Å². The van der Waals surface area contributed by atoms with Crippen LogP contribution in [-0.4, -0.2) is 36.9 Å². The molecule has 0 saturated heterocycles. The second-order valence-electron chi connectivity index (χ2n) is 8.35. The number of aryl methyl sites for hydroxylation is 2. The molecule has 166 valence electrons. The minimum absolute atomic E-state index is 0.0232. The summed E-state index contributed by atoms with van der Waals surface area (Å²) in [6.45, 7) is 5.51. The van der Waals surface area contributed by atoms with E-state index in [-0.39, 0.29) is 24.9 Å². The van der Waals surface area contributed by atoms with Crippen LogP contribution in [0.15, 0.2) is 78.9 Å². The number of para-hydroxylation sites is 1. The first kappa shape index (κ1) is 23.2. The van der Waals surface area contributed by atoms with Gasteiger partial charge in [-0.1, -0.05) is 78.9 Å². The van der Waals surface area contributed by atoms with Crippen LogP contribution in [0.5, 0.6) is 0 Å². The Morgan fingerprint density at radius 3 is 1.75 bits per heavy atom. The van der Waals surface area contributed by atoms with Gasteiger partial charge in [-0.2, -0.15) is 0 Å². The topological polar surface area (TPSA) is 53.9 Å². The van der Waals surface area contributed by atoms with E-state index in [4.69, 9.17) is 0 Å². The number of benzene rings is 3. The molecule has 5 heteroatoms. The highest BCUT2D eigenvalue weighted by Crippen LogP contribution is 2.18. The largest absolute Gasteiger partial charge is 0.329 e. The Morgan fingerprint density at radius 1 is 0.750 bits per heavy atom. The molecule has 0 aliphatic rings. The van der Waals surface area contributed by atoms with Gasteiger partial charge in [-0.05, 0) is 36.1 Å². The van der Waals surface area contributed by atoms with E-state index in [1.165, 1.54) is 0 Å². The molecule has 3 aromatic rings. The van der Waals surface area contributed by atoms with Gasteiger partial charge in [0.15, 0.2) is 13.1 Å². The molecule has 0 aliphatic heterocycles. The van der Waals surface area contributed by atoms with Gasteiger partial charge in [0.1, 0.15) is 0 Å². The zero-order chi connectivity index (χ0) is 22.9. The SMILES string of the molecule is Cc1cccc(C)c1NC(=O)C[NH+](C)CC(=O)N(Cc1ccccc1)Cc1ccccc1. The second-order valence-corrected chi connectivity index (χ2v) is 8.35. The zero-order valence-electron chi connectivity index (χ0n) is 19.1. The molecular weight excluding hydrogens is 398 g/mol. The van der Waals surface area contributed by atoms with E-state index in [2.05, 4.69) is 5.32 Å². The van der Waals surface area contributed by atoms with Gasteiger partial charge in [-0.3, -0.25) is 9.59 Å². The number of rotatable bonds is 9. The summed E-state index contributed by atoms with van der Waals surface area (Å²) >= 11 is 0. The maximum absolute atomic E-state index is 13.2. The molecular formula is C27H32N3O2+. The second kappa shape index (κ2) is 11.3. The Bertz CT molecular complexity index is 974. The molecule has 2 amide bonds. The molecule has 0 heterocycles. The number of anilines is 1. The quantitative estimate of drug-likeness (QED) is 0.548. The van der Waals surface area contributed by atoms with Crippen LogP contribution in [-0.2, 0) is 22.7 Å². The van der Waals surface area contributed by atoms with E-state index in [0.29, 0.717) is 13.1 Å². The summed E-state index contributed by atoms with van der Waals surface area (Å²) in [5, 5.41) is 3.01. The van der Waals surface area contributed by atoms with Crippen LogP contribution < -0.4 is 10.2 Å².